The number of nitrogens with zero attached hydrogens (tertiary/aromatic N) is 3. The Balaban J connectivity index is 0.00000338. The monoisotopic (exact) mass is 471 g/mol. The Morgan fingerprint density at radius 3 is 2.65 bits per heavy atom. The fourth-order valence-electron chi connectivity index (χ4n) is 2.49. The molecule has 2 N–H and O–H groups in total. The highest BCUT2D eigenvalue weighted by molar-refractivity contribution is 14.0. The van der Waals surface area contributed by atoms with Crippen molar-refractivity contribution in [2.24, 2.45) is 4.99 Å². The highest BCUT2D eigenvalue weighted by Crippen LogP contribution is 2.12. The van der Waals surface area contributed by atoms with Crippen LogP contribution in [0.25, 0.3) is 0 Å². The molecule has 0 bridgehead atoms. The van der Waals surface area contributed by atoms with Gasteiger partial charge in [-0.05, 0) is 49.9 Å². The van der Waals surface area contributed by atoms with E-state index in [1.807, 2.05) is 29.1 Å². The van der Waals surface area contributed by atoms with Crippen LogP contribution < -0.4 is 15.4 Å². The van der Waals surface area contributed by atoms with Crippen molar-refractivity contribution in [1.82, 2.24) is 20.4 Å². The van der Waals surface area contributed by atoms with Crippen LogP contribution in [-0.4, -0.2) is 42.5 Å². The maximum Gasteiger partial charge on any atom is 0.191 e. The summed E-state index contributed by atoms with van der Waals surface area (Å²) in [4.78, 5) is 4.62. The van der Waals surface area contributed by atoms with Gasteiger partial charge >= 0.3 is 0 Å². The quantitative estimate of drug-likeness (QED) is 0.242. The first kappa shape index (κ1) is 22.3. The Morgan fingerprint density at radius 1 is 1.19 bits per heavy atom. The minimum absolute atomic E-state index is 0. The van der Waals surface area contributed by atoms with Crippen molar-refractivity contribution >= 4 is 29.9 Å². The first-order chi connectivity index (χ1) is 12.3. The topological polar surface area (TPSA) is 63.5 Å². The van der Waals surface area contributed by atoms with E-state index in [2.05, 4.69) is 39.8 Å². The lowest BCUT2D eigenvalue weighted by molar-refractivity contribution is 0.414. The minimum atomic E-state index is 0. The highest BCUT2D eigenvalue weighted by atomic mass is 127. The van der Waals surface area contributed by atoms with E-state index in [9.17, 15) is 0 Å². The van der Waals surface area contributed by atoms with Gasteiger partial charge in [-0.1, -0.05) is 12.1 Å². The maximum atomic E-state index is 5.18. The summed E-state index contributed by atoms with van der Waals surface area (Å²) in [5, 5.41) is 10.9. The minimum Gasteiger partial charge on any atom is -0.497 e. The molecule has 2 aromatic rings. The lowest BCUT2D eigenvalue weighted by atomic mass is 10.1. The number of hydrogen-bond acceptors (Lipinski definition) is 3. The van der Waals surface area contributed by atoms with E-state index in [1.54, 1.807) is 13.3 Å². The van der Waals surface area contributed by atoms with Crippen LogP contribution >= 0.6 is 24.0 Å². The van der Waals surface area contributed by atoms with Crippen LogP contribution in [0.4, 0.5) is 0 Å². The Morgan fingerprint density at radius 2 is 2.00 bits per heavy atom. The predicted molar refractivity (Wildman–Crippen MR) is 118 cm³/mol. The number of benzene rings is 1. The number of methoxy groups -OCH3 is 1. The van der Waals surface area contributed by atoms with Gasteiger partial charge in [0.05, 0.1) is 7.11 Å². The molecule has 1 heterocycles. The zero-order chi connectivity index (χ0) is 17.7. The van der Waals surface area contributed by atoms with Gasteiger partial charge in [0.2, 0.25) is 0 Å². The molecule has 7 heteroatoms. The molecular formula is C19H30IN5O. The average Bonchev–Trinajstić information content (AvgIpc) is 3.16. The van der Waals surface area contributed by atoms with Crippen LogP contribution in [0.15, 0.2) is 47.7 Å². The largest absolute Gasteiger partial charge is 0.497 e. The molecule has 2 rings (SSSR count). The van der Waals surface area contributed by atoms with E-state index in [0.717, 1.165) is 57.2 Å². The molecule has 0 aliphatic carbocycles. The number of ether oxygens (including phenoxy) is 1. The Bertz CT molecular complexity index is 613. The lowest BCUT2D eigenvalue weighted by Crippen LogP contribution is -2.38. The van der Waals surface area contributed by atoms with E-state index in [-0.39, 0.29) is 24.0 Å². The van der Waals surface area contributed by atoms with Crippen LogP contribution in [0.5, 0.6) is 5.75 Å². The van der Waals surface area contributed by atoms with Crippen molar-refractivity contribution in [2.45, 2.75) is 32.7 Å². The summed E-state index contributed by atoms with van der Waals surface area (Å²) in [5.41, 5.74) is 1.32. The fraction of sp³-hybridized carbons (Fsp3) is 0.474. The van der Waals surface area contributed by atoms with E-state index in [1.165, 1.54) is 5.56 Å². The second-order valence-electron chi connectivity index (χ2n) is 5.76. The Hall–Kier alpha value is -1.77. The van der Waals surface area contributed by atoms with Crippen molar-refractivity contribution in [2.75, 3.05) is 26.7 Å². The summed E-state index contributed by atoms with van der Waals surface area (Å²) >= 11 is 0. The molecule has 1 aromatic heterocycles. The number of aryl methyl sites for hydroxylation is 2. The third-order valence-corrected chi connectivity index (χ3v) is 3.81. The molecule has 0 radical (unpaired) electrons. The van der Waals surface area contributed by atoms with Crippen LogP contribution in [0, 0.1) is 0 Å². The molecule has 6 nitrogen and oxygen atoms in total. The smallest absolute Gasteiger partial charge is 0.191 e. The standard InChI is InChI=1S/C19H29N5O.HI/c1-3-20-19(22-13-5-15-24-16-6-14-23-24)21-12-4-7-17-8-10-18(25-2)11-9-17;/h6,8-11,14,16H,3-5,7,12-13,15H2,1-2H3,(H2,20,21,22);1H. The second kappa shape index (κ2) is 13.4. The summed E-state index contributed by atoms with van der Waals surface area (Å²) in [5.74, 6) is 1.79. The molecule has 0 unspecified atom stereocenters. The lowest BCUT2D eigenvalue weighted by Gasteiger charge is -2.11. The van der Waals surface area contributed by atoms with Gasteiger partial charge in [0.15, 0.2) is 5.96 Å². The van der Waals surface area contributed by atoms with Gasteiger partial charge in [-0.3, -0.25) is 9.67 Å². The molecule has 0 atom stereocenters. The normalized spacial score (nSPS) is 10.9. The van der Waals surface area contributed by atoms with Crippen LogP contribution in [0.3, 0.4) is 0 Å². The summed E-state index contributed by atoms with van der Waals surface area (Å²) in [6.45, 7) is 5.53. The maximum absolute atomic E-state index is 5.18. The number of rotatable bonds is 10. The third kappa shape index (κ3) is 8.55. The Labute approximate surface area is 173 Å². The van der Waals surface area contributed by atoms with Crippen LogP contribution in [0.2, 0.25) is 0 Å². The molecule has 0 amide bonds. The first-order valence-electron chi connectivity index (χ1n) is 8.94. The molecular weight excluding hydrogens is 441 g/mol. The summed E-state index contributed by atoms with van der Waals surface area (Å²) < 4.78 is 7.12. The number of aromatic nitrogens is 2. The molecule has 0 saturated heterocycles. The summed E-state index contributed by atoms with van der Waals surface area (Å²) in [7, 11) is 1.69. The number of aliphatic imine (C=N–C) groups is 1. The molecule has 0 fully saturated rings. The SMILES string of the molecule is CCNC(=NCCCn1cccn1)NCCCc1ccc(OC)cc1.I. The summed E-state index contributed by atoms with van der Waals surface area (Å²) in [6.07, 6.45) is 6.86. The fourth-order valence-corrected chi connectivity index (χ4v) is 2.49. The van der Waals surface area contributed by atoms with Gasteiger partial charge in [-0.2, -0.15) is 5.10 Å². The van der Waals surface area contributed by atoms with Gasteiger partial charge in [-0.25, -0.2) is 0 Å². The molecule has 1 aromatic carbocycles. The van der Waals surface area contributed by atoms with Gasteiger partial charge < -0.3 is 15.4 Å². The van der Waals surface area contributed by atoms with Gasteiger partial charge in [0.25, 0.3) is 0 Å². The van der Waals surface area contributed by atoms with Crippen LogP contribution in [0.1, 0.15) is 25.3 Å². The molecule has 0 saturated carbocycles. The van der Waals surface area contributed by atoms with E-state index in [4.69, 9.17) is 4.74 Å². The van der Waals surface area contributed by atoms with Crippen molar-refractivity contribution in [3.8, 4) is 5.75 Å². The molecule has 0 spiro atoms. The number of halogens is 1. The summed E-state index contributed by atoms with van der Waals surface area (Å²) in [6, 6.07) is 10.2. The van der Waals surface area contributed by atoms with E-state index in [0.29, 0.717) is 0 Å². The van der Waals surface area contributed by atoms with E-state index >= 15 is 0 Å². The highest BCUT2D eigenvalue weighted by Gasteiger charge is 1.99. The van der Waals surface area contributed by atoms with Gasteiger partial charge in [0, 0.05) is 38.6 Å². The van der Waals surface area contributed by atoms with Crippen LogP contribution in [-0.2, 0) is 13.0 Å². The Kier molecular flexibility index (Phi) is 11.5. The van der Waals surface area contributed by atoms with Crippen molar-refractivity contribution in [3.63, 3.8) is 0 Å². The van der Waals surface area contributed by atoms with Gasteiger partial charge in [-0.15, -0.1) is 24.0 Å². The van der Waals surface area contributed by atoms with Crippen molar-refractivity contribution < 1.29 is 4.74 Å². The third-order valence-electron chi connectivity index (χ3n) is 3.81. The first-order valence-corrected chi connectivity index (χ1v) is 8.94. The number of hydrogen-bond donors (Lipinski definition) is 2. The van der Waals surface area contributed by atoms with Crippen molar-refractivity contribution in [3.05, 3.63) is 48.3 Å². The molecule has 0 aliphatic heterocycles. The predicted octanol–water partition coefficient (Wildman–Crippen LogP) is 3.09. The zero-order valence-electron chi connectivity index (χ0n) is 15.6. The van der Waals surface area contributed by atoms with E-state index < -0.39 is 0 Å². The van der Waals surface area contributed by atoms with Crippen molar-refractivity contribution in [1.29, 1.82) is 0 Å². The van der Waals surface area contributed by atoms with Gasteiger partial charge in [0.1, 0.15) is 5.75 Å². The number of guanidine groups is 1. The zero-order valence-corrected chi connectivity index (χ0v) is 18.0. The molecule has 144 valence electrons. The average molecular weight is 471 g/mol. The molecule has 0 aliphatic rings. The second-order valence-corrected chi connectivity index (χ2v) is 5.76. The molecule has 26 heavy (non-hydrogen) atoms. The number of nitrogens with one attached hydrogen (secondary N) is 2.